The van der Waals surface area contributed by atoms with Crippen molar-refractivity contribution in [1.82, 2.24) is 18.5 Å². The topological polar surface area (TPSA) is 210 Å². The minimum absolute atomic E-state index is 0. The average molecular weight is 131 g/mol. The SMILES string of the molecule is O.[NH4+].[NH4+].[NH4+].[O-]B([O-])[O-]. The lowest BCUT2D eigenvalue weighted by Crippen LogP contribution is -2.56. The maximum Gasteiger partial charge on any atom is -0.278 e. The molecule has 0 aromatic carbocycles. The number of quaternary nitrogens is 3. The van der Waals surface area contributed by atoms with Crippen molar-refractivity contribution in [3.8, 4) is 0 Å². The molecule has 0 rings (SSSR count). The van der Waals surface area contributed by atoms with Crippen LogP contribution in [-0.2, 0) is 0 Å². The Bertz CT molecular complexity index is 16.0. The van der Waals surface area contributed by atoms with Gasteiger partial charge >= 0.3 is 0 Å². The van der Waals surface area contributed by atoms with Crippen molar-refractivity contribution in [2.75, 3.05) is 0 Å². The Labute approximate surface area is 47.6 Å². The molecule has 0 fully saturated rings. The van der Waals surface area contributed by atoms with Crippen molar-refractivity contribution < 1.29 is 20.5 Å². The summed E-state index contributed by atoms with van der Waals surface area (Å²) in [4.78, 5) is 0. The van der Waals surface area contributed by atoms with Crippen LogP contribution in [0.15, 0.2) is 0 Å². The molecule has 7 nitrogen and oxygen atoms in total. The molecule has 8 heteroatoms. The van der Waals surface area contributed by atoms with Crippen LogP contribution in [0.3, 0.4) is 0 Å². The van der Waals surface area contributed by atoms with Crippen molar-refractivity contribution in [2.45, 2.75) is 0 Å². The number of rotatable bonds is 0. The Kier molecular flexibility index (Phi) is 169. The molecule has 0 saturated heterocycles. The third-order valence-corrected chi connectivity index (χ3v) is 0. The highest BCUT2D eigenvalue weighted by molar-refractivity contribution is 6.24. The van der Waals surface area contributed by atoms with Crippen LogP contribution in [0.1, 0.15) is 0 Å². The summed E-state index contributed by atoms with van der Waals surface area (Å²) in [5.41, 5.74) is 0. The highest BCUT2D eigenvalue weighted by atomic mass is 16.5. The molecular formula is H14BN3O4. The summed E-state index contributed by atoms with van der Waals surface area (Å²) in [6.45, 7) is 0. The predicted octanol–water partition coefficient (Wildman–Crippen LogP) is -3.64. The number of hydrogen-bond acceptors (Lipinski definition) is 3. The van der Waals surface area contributed by atoms with Crippen LogP contribution < -0.4 is 33.5 Å². The highest BCUT2D eigenvalue weighted by Crippen LogP contribution is 0.994. The first-order chi connectivity index (χ1) is 1.73. The highest BCUT2D eigenvalue weighted by Gasteiger charge is 1.17. The molecule has 0 heterocycles. The van der Waals surface area contributed by atoms with Gasteiger partial charge in [0.2, 0.25) is 0 Å². The molecule has 0 aliphatic carbocycles. The van der Waals surface area contributed by atoms with Gasteiger partial charge < -0.3 is 39.0 Å². The van der Waals surface area contributed by atoms with Gasteiger partial charge in [-0.2, -0.15) is 0 Å². The van der Waals surface area contributed by atoms with Gasteiger partial charge in [0.15, 0.2) is 0 Å². The zero-order chi connectivity index (χ0) is 3.58. The maximum atomic E-state index is 8.42. The largest absolute Gasteiger partial charge is 0.907 e. The molecular weight excluding hydrogens is 117 g/mol. The summed E-state index contributed by atoms with van der Waals surface area (Å²) in [5.74, 6) is 0. The van der Waals surface area contributed by atoms with Crippen LogP contribution in [0.25, 0.3) is 0 Å². The Morgan fingerprint density at radius 2 is 0.750 bits per heavy atom. The average Bonchev–Trinajstić information content (AvgIpc) is 0.811. The van der Waals surface area contributed by atoms with Gasteiger partial charge in [0.1, 0.15) is 0 Å². The van der Waals surface area contributed by atoms with Crippen LogP contribution in [0.5, 0.6) is 0 Å². The monoisotopic (exact) mass is 131 g/mol. The van der Waals surface area contributed by atoms with Gasteiger partial charge in [0.05, 0.1) is 0 Å². The first-order valence-electron chi connectivity index (χ1n) is 0.707. The standard InChI is InChI=1S/BO3.3H3N.H2O/c2-1(3)4;;;;/h;3*1H3;1H2/q-3;;;;/p+3. The van der Waals surface area contributed by atoms with Crippen LogP contribution in [0, 0.1) is 0 Å². The summed E-state index contributed by atoms with van der Waals surface area (Å²) in [5, 5.41) is 25.2. The van der Waals surface area contributed by atoms with E-state index in [0.29, 0.717) is 0 Å². The predicted molar refractivity (Wildman–Crippen MR) is 27.3 cm³/mol. The van der Waals surface area contributed by atoms with Crippen LogP contribution in [0.4, 0.5) is 0 Å². The Hall–Kier alpha value is -0.215. The van der Waals surface area contributed by atoms with E-state index >= 15 is 0 Å². The van der Waals surface area contributed by atoms with Crippen LogP contribution >= 0.6 is 0 Å². The minimum atomic E-state index is -2.92. The van der Waals surface area contributed by atoms with E-state index in [4.69, 9.17) is 15.1 Å². The van der Waals surface area contributed by atoms with Gasteiger partial charge in [0, 0.05) is 0 Å². The van der Waals surface area contributed by atoms with E-state index in [2.05, 4.69) is 0 Å². The Balaban J connectivity index is -0.00000000750. The fraction of sp³-hybridized carbons (Fsp3) is 0. The molecule has 0 atom stereocenters. The quantitative estimate of drug-likeness (QED) is 0.284. The summed E-state index contributed by atoms with van der Waals surface area (Å²) >= 11 is 0. The molecule has 0 saturated carbocycles. The van der Waals surface area contributed by atoms with E-state index in [-0.39, 0.29) is 23.9 Å². The van der Waals surface area contributed by atoms with Gasteiger partial charge in [-0.15, -0.1) is 0 Å². The van der Waals surface area contributed by atoms with E-state index in [9.17, 15) is 0 Å². The molecule has 0 aromatic rings. The van der Waals surface area contributed by atoms with Crippen molar-refractivity contribution in [2.24, 2.45) is 0 Å². The molecule has 0 amide bonds. The Morgan fingerprint density at radius 3 is 0.750 bits per heavy atom. The van der Waals surface area contributed by atoms with Crippen LogP contribution in [-0.4, -0.2) is 12.8 Å². The maximum absolute atomic E-state index is 8.42. The van der Waals surface area contributed by atoms with Gasteiger partial charge in [-0.1, -0.05) is 0 Å². The molecule has 56 valence electrons. The summed E-state index contributed by atoms with van der Waals surface area (Å²) in [7, 11) is -2.92. The second-order valence-corrected chi connectivity index (χ2v) is 0.289. The van der Waals surface area contributed by atoms with Crippen molar-refractivity contribution in [3.05, 3.63) is 0 Å². The van der Waals surface area contributed by atoms with Gasteiger partial charge in [-0.3, -0.25) is 7.32 Å². The molecule has 0 spiro atoms. The van der Waals surface area contributed by atoms with E-state index in [1.54, 1.807) is 0 Å². The fourth-order valence-electron chi connectivity index (χ4n) is 0. The molecule has 0 unspecified atom stereocenters. The van der Waals surface area contributed by atoms with Gasteiger partial charge in [-0.05, 0) is 0 Å². The third-order valence-electron chi connectivity index (χ3n) is 0. The molecule has 0 radical (unpaired) electrons. The van der Waals surface area contributed by atoms with Gasteiger partial charge in [-0.25, -0.2) is 0 Å². The first-order valence-corrected chi connectivity index (χ1v) is 0.707. The summed E-state index contributed by atoms with van der Waals surface area (Å²) in [6, 6.07) is 0. The fourth-order valence-corrected chi connectivity index (χ4v) is 0. The second kappa shape index (κ2) is 29.3. The van der Waals surface area contributed by atoms with E-state index in [1.165, 1.54) is 0 Å². The summed E-state index contributed by atoms with van der Waals surface area (Å²) in [6.07, 6.45) is 0. The van der Waals surface area contributed by atoms with E-state index < -0.39 is 7.32 Å². The zero-order valence-corrected chi connectivity index (χ0v) is 5.30. The lowest BCUT2D eigenvalue weighted by Gasteiger charge is -2.35. The van der Waals surface area contributed by atoms with Crippen molar-refractivity contribution >= 4 is 7.32 Å². The number of hydrogen-bond donors (Lipinski definition) is 3. The van der Waals surface area contributed by atoms with Crippen molar-refractivity contribution in [1.29, 1.82) is 0 Å². The second-order valence-electron chi connectivity index (χ2n) is 0.289. The normalized spacial score (nSPS) is 3.38. The molecule has 0 aliphatic rings. The Morgan fingerprint density at radius 1 is 0.750 bits per heavy atom. The zero-order valence-electron chi connectivity index (χ0n) is 5.30. The lowest BCUT2D eigenvalue weighted by molar-refractivity contribution is -0.479. The van der Waals surface area contributed by atoms with Crippen molar-refractivity contribution in [3.63, 3.8) is 0 Å². The molecule has 0 bridgehead atoms. The molecule has 0 aliphatic heterocycles. The summed E-state index contributed by atoms with van der Waals surface area (Å²) < 4.78 is 0. The minimum Gasteiger partial charge on any atom is -0.907 e. The molecule has 14 N–H and O–H groups in total. The third kappa shape index (κ3) is 2860. The van der Waals surface area contributed by atoms with E-state index in [0.717, 1.165) is 0 Å². The first kappa shape index (κ1) is 46.2. The van der Waals surface area contributed by atoms with Crippen LogP contribution in [0.2, 0.25) is 0 Å². The smallest absolute Gasteiger partial charge is 0.278 e. The van der Waals surface area contributed by atoms with E-state index in [1.807, 2.05) is 0 Å². The molecule has 8 heavy (non-hydrogen) atoms. The molecule has 0 aromatic heterocycles. The lowest BCUT2D eigenvalue weighted by atomic mass is 10.3. The van der Waals surface area contributed by atoms with Gasteiger partial charge in [0.25, 0.3) is 0 Å².